The van der Waals surface area contributed by atoms with E-state index in [2.05, 4.69) is 49.2 Å². The third-order valence-electron chi connectivity index (χ3n) is 8.96. The van der Waals surface area contributed by atoms with Crippen LogP contribution >= 0.6 is 0 Å². The highest BCUT2D eigenvalue weighted by Gasteiger charge is 2.54. The smallest absolute Gasteiger partial charge is 0.144 e. The monoisotopic (exact) mass is 468 g/mol. The molecule has 6 rings (SSSR count). The molecule has 0 amide bonds. The maximum Gasteiger partial charge on any atom is 0.144 e. The number of hydrogen-bond donors (Lipinski definition) is 1. The number of aromatic nitrogens is 1. The summed E-state index contributed by atoms with van der Waals surface area (Å²) in [5.41, 5.74) is 5.82. The van der Waals surface area contributed by atoms with Crippen LogP contribution in [0.4, 0.5) is 4.39 Å². The zero-order valence-corrected chi connectivity index (χ0v) is 20.5. The van der Waals surface area contributed by atoms with E-state index in [-0.39, 0.29) is 22.9 Å². The molecule has 0 bridgehead atoms. The van der Waals surface area contributed by atoms with Crippen LogP contribution in [0.25, 0.3) is 11.1 Å². The number of aliphatic hydroxyl groups is 1. The van der Waals surface area contributed by atoms with Gasteiger partial charge in [0.1, 0.15) is 11.9 Å². The number of aliphatic hydroxyl groups excluding tert-OH is 1. The summed E-state index contributed by atoms with van der Waals surface area (Å²) >= 11 is 0. The highest BCUT2D eigenvalue weighted by molar-refractivity contribution is 5.62. The lowest BCUT2D eigenvalue weighted by Crippen LogP contribution is -2.44. The number of benzene rings is 2. The largest absolute Gasteiger partial charge is 0.393 e. The molecule has 3 nitrogen and oxygen atoms in total. The number of halogens is 1. The molecule has 3 aromatic rings. The Bertz CT molecular complexity index is 1230. The Labute approximate surface area is 207 Å². The fourth-order valence-electron chi connectivity index (χ4n) is 6.96. The molecule has 3 aliphatic rings. The van der Waals surface area contributed by atoms with Crippen molar-refractivity contribution in [3.8, 4) is 17.2 Å². The molecule has 0 saturated heterocycles. The summed E-state index contributed by atoms with van der Waals surface area (Å²) < 4.78 is 14.5. The molecular weight excluding hydrogens is 435 g/mol. The molecule has 0 aliphatic heterocycles. The van der Waals surface area contributed by atoms with Crippen molar-refractivity contribution < 1.29 is 9.50 Å². The van der Waals surface area contributed by atoms with E-state index >= 15 is 0 Å². The van der Waals surface area contributed by atoms with Crippen LogP contribution in [0.1, 0.15) is 67.2 Å². The van der Waals surface area contributed by atoms with Gasteiger partial charge in [-0.05, 0) is 103 Å². The van der Waals surface area contributed by atoms with Crippen LogP contribution < -0.4 is 0 Å². The van der Waals surface area contributed by atoms with Gasteiger partial charge < -0.3 is 5.11 Å². The van der Waals surface area contributed by atoms with Gasteiger partial charge in [0.2, 0.25) is 0 Å². The van der Waals surface area contributed by atoms with E-state index in [1.54, 1.807) is 12.3 Å². The molecule has 0 radical (unpaired) electrons. The Morgan fingerprint density at radius 1 is 1.03 bits per heavy atom. The molecule has 5 atom stereocenters. The van der Waals surface area contributed by atoms with Gasteiger partial charge in [-0.25, -0.2) is 4.39 Å². The van der Waals surface area contributed by atoms with E-state index in [1.165, 1.54) is 16.7 Å². The van der Waals surface area contributed by atoms with Crippen molar-refractivity contribution in [3.05, 3.63) is 89.0 Å². The predicted molar refractivity (Wildman–Crippen MR) is 136 cm³/mol. The van der Waals surface area contributed by atoms with Crippen LogP contribution in [0, 0.1) is 41.3 Å². The van der Waals surface area contributed by atoms with Crippen LogP contribution in [-0.4, -0.2) is 16.2 Å². The van der Waals surface area contributed by atoms with Gasteiger partial charge in [-0.2, -0.15) is 5.26 Å². The maximum atomic E-state index is 14.5. The average Bonchev–Trinajstić information content (AvgIpc) is 3.20. The molecule has 180 valence electrons. The standard InChI is InChI=1S/C19H22FNO.C12H11N/c1-19-9-8-13-12-3-2-11(10-21)18(20)15(12)5-4-14(13)16(19)6-7-17(19)22;1-10-4-6-11(7-5-10)12-3-2-8-13-9-12/h2-3,13-14,16-17,22H,4-9H2,1H3;2-9H,1H3/t13?,14?,16?,17-,19-;/m0./s1. The first-order valence-electron chi connectivity index (χ1n) is 12.8. The predicted octanol–water partition coefficient (Wildman–Crippen LogP) is 6.97. The number of nitriles is 1. The van der Waals surface area contributed by atoms with Gasteiger partial charge in [-0.15, -0.1) is 0 Å². The van der Waals surface area contributed by atoms with E-state index in [0.717, 1.165) is 49.7 Å². The Kier molecular flexibility index (Phi) is 6.47. The van der Waals surface area contributed by atoms with Crippen LogP contribution in [0.3, 0.4) is 0 Å². The fourth-order valence-corrected chi connectivity index (χ4v) is 6.96. The molecule has 2 saturated carbocycles. The molecule has 4 heteroatoms. The van der Waals surface area contributed by atoms with E-state index in [4.69, 9.17) is 5.26 Å². The van der Waals surface area contributed by atoms with Gasteiger partial charge in [0.05, 0.1) is 11.7 Å². The number of nitrogens with zero attached hydrogens (tertiary/aromatic N) is 2. The zero-order valence-electron chi connectivity index (χ0n) is 20.5. The molecular formula is C31H33FN2O. The first kappa shape index (κ1) is 23.7. The minimum atomic E-state index is -0.293. The van der Waals surface area contributed by atoms with Crippen molar-refractivity contribution in [2.24, 2.45) is 17.3 Å². The molecule has 3 unspecified atom stereocenters. The summed E-state index contributed by atoms with van der Waals surface area (Å²) in [5.74, 6) is 1.25. The van der Waals surface area contributed by atoms with Gasteiger partial charge in [-0.3, -0.25) is 4.98 Å². The maximum absolute atomic E-state index is 14.5. The first-order valence-corrected chi connectivity index (χ1v) is 12.8. The lowest BCUT2D eigenvalue weighted by atomic mass is 9.55. The van der Waals surface area contributed by atoms with Gasteiger partial charge in [0, 0.05) is 12.4 Å². The van der Waals surface area contributed by atoms with Crippen molar-refractivity contribution in [2.45, 2.75) is 64.4 Å². The molecule has 3 aliphatic carbocycles. The fraction of sp³-hybridized carbons (Fsp3) is 0.419. The number of hydrogen-bond acceptors (Lipinski definition) is 3. The zero-order chi connectivity index (χ0) is 24.6. The summed E-state index contributed by atoms with van der Waals surface area (Å²) in [7, 11) is 0. The van der Waals surface area contributed by atoms with Gasteiger partial charge >= 0.3 is 0 Å². The molecule has 1 N–H and O–H groups in total. The normalized spacial score (nSPS) is 28.5. The molecule has 0 spiro atoms. The lowest BCUT2D eigenvalue weighted by molar-refractivity contribution is -0.0227. The van der Waals surface area contributed by atoms with Crippen LogP contribution in [0.2, 0.25) is 0 Å². The molecule has 1 aromatic heterocycles. The van der Waals surface area contributed by atoms with Gasteiger partial charge in [0.25, 0.3) is 0 Å². The minimum Gasteiger partial charge on any atom is -0.393 e. The molecule has 1 heterocycles. The number of pyridine rings is 1. The second kappa shape index (κ2) is 9.55. The Morgan fingerprint density at radius 2 is 1.83 bits per heavy atom. The van der Waals surface area contributed by atoms with Gasteiger partial charge in [0.15, 0.2) is 0 Å². The van der Waals surface area contributed by atoms with Crippen molar-refractivity contribution in [1.82, 2.24) is 4.98 Å². The summed E-state index contributed by atoms with van der Waals surface area (Å²) in [5, 5.41) is 19.4. The van der Waals surface area contributed by atoms with E-state index in [0.29, 0.717) is 17.8 Å². The van der Waals surface area contributed by atoms with Crippen LogP contribution in [0.15, 0.2) is 60.9 Å². The van der Waals surface area contributed by atoms with Crippen molar-refractivity contribution in [2.75, 3.05) is 0 Å². The summed E-state index contributed by atoms with van der Waals surface area (Å²) in [6.07, 6.45) is 9.32. The quantitative estimate of drug-likeness (QED) is 0.419. The minimum absolute atomic E-state index is 0.0593. The number of aryl methyl sites for hydroxylation is 1. The topological polar surface area (TPSA) is 56.9 Å². The van der Waals surface area contributed by atoms with E-state index in [1.807, 2.05) is 24.4 Å². The highest BCUT2D eigenvalue weighted by atomic mass is 19.1. The second-order valence-corrected chi connectivity index (χ2v) is 10.8. The van der Waals surface area contributed by atoms with Crippen molar-refractivity contribution >= 4 is 0 Å². The number of fused-ring (bicyclic) bond motifs is 5. The second-order valence-electron chi connectivity index (χ2n) is 10.8. The Balaban J connectivity index is 0.000000166. The summed E-state index contributed by atoms with van der Waals surface area (Å²) in [6.45, 7) is 4.34. The molecule has 2 fully saturated rings. The Morgan fingerprint density at radius 3 is 2.54 bits per heavy atom. The SMILES string of the molecule is C[C@]12CCC3c4ccc(C#N)c(F)c4CCC3C1CC[C@@H]2O.Cc1ccc(-c2cccnc2)cc1. The van der Waals surface area contributed by atoms with Crippen molar-refractivity contribution in [1.29, 1.82) is 5.26 Å². The lowest BCUT2D eigenvalue weighted by Gasteiger charge is -2.50. The van der Waals surface area contributed by atoms with E-state index < -0.39 is 0 Å². The third-order valence-corrected chi connectivity index (χ3v) is 8.96. The third kappa shape index (κ3) is 4.28. The number of rotatable bonds is 1. The van der Waals surface area contributed by atoms with Crippen LogP contribution in [-0.2, 0) is 6.42 Å². The van der Waals surface area contributed by atoms with Gasteiger partial charge in [-0.1, -0.05) is 48.9 Å². The van der Waals surface area contributed by atoms with Crippen molar-refractivity contribution in [3.63, 3.8) is 0 Å². The highest BCUT2D eigenvalue weighted by Crippen LogP contribution is 2.61. The average molecular weight is 469 g/mol. The molecule has 2 aromatic carbocycles. The van der Waals surface area contributed by atoms with Crippen LogP contribution in [0.5, 0.6) is 0 Å². The summed E-state index contributed by atoms with van der Waals surface area (Å²) in [6, 6.07) is 18.1. The molecule has 35 heavy (non-hydrogen) atoms. The van der Waals surface area contributed by atoms with E-state index in [9.17, 15) is 9.50 Å². The Hall–Kier alpha value is -3.03. The summed E-state index contributed by atoms with van der Waals surface area (Å²) in [4.78, 5) is 4.08. The first-order chi connectivity index (χ1) is 16.9.